The van der Waals surface area contributed by atoms with E-state index in [9.17, 15) is 13.2 Å². The molecular formula is C11H17F3N4. The van der Waals surface area contributed by atoms with Crippen LogP contribution in [-0.2, 0) is 6.18 Å². The number of hydrogen-bond donors (Lipinski definition) is 2. The molecule has 0 unspecified atom stereocenters. The van der Waals surface area contributed by atoms with Crippen LogP contribution in [0.2, 0.25) is 0 Å². The first-order valence-electron chi connectivity index (χ1n) is 5.60. The van der Waals surface area contributed by atoms with E-state index in [4.69, 9.17) is 0 Å². The maximum absolute atomic E-state index is 12.7. The van der Waals surface area contributed by atoms with E-state index in [2.05, 4.69) is 15.7 Å². The second-order valence-electron chi connectivity index (χ2n) is 4.06. The Hall–Kier alpha value is -1.50. The van der Waals surface area contributed by atoms with Gasteiger partial charge in [-0.2, -0.15) is 13.2 Å². The van der Waals surface area contributed by atoms with Crippen molar-refractivity contribution in [2.75, 3.05) is 31.4 Å². The Labute approximate surface area is 104 Å². The molecule has 0 spiro atoms. The van der Waals surface area contributed by atoms with Crippen LogP contribution in [0.25, 0.3) is 0 Å². The van der Waals surface area contributed by atoms with E-state index in [1.165, 1.54) is 5.01 Å². The summed E-state index contributed by atoms with van der Waals surface area (Å²) in [4.78, 5) is 4.06. The molecular weight excluding hydrogens is 245 g/mol. The molecule has 0 fully saturated rings. The number of nitrogens with one attached hydrogen (secondary N) is 2. The molecule has 1 aromatic rings. The number of halogens is 3. The van der Waals surface area contributed by atoms with Crippen LogP contribution in [0.15, 0.2) is 12.1 Å². The lowest BCUT2D eigenvalue weighted by Gasteiger charge is -2.16. The van der Waals surface area contributed by atoms with Gasteiger partial charge < -0.3 is 10.7 Å². The molecule has 0 aliphatic rings. The highest BCUT2D eigenvalue weighted by Crippen LogP contribution is 2.32. The molecule has 0 atom stereocenters. The Morgan fingerprint density at radius 1 is 1.22 bits per heavy atom. The van der Waals surface area contributed by atoms with Crippen LogP contribution in [0, 0.1) is 0 Å². The average molecular weight is 262 g/mol. The van der Waals surface area contributed by atoms with Crippen LogP contribution in [0.4, 0.5) is 24.8 Å². The third-order valence-corrected chi connectivity index (χ3v) is 2.05. The van der Waals surface area contributed by atoms with Crippen molar-refractivity contribution in [2.45, 2.75) is 19.5 Å². The summed E-state index contributed by atoms with van der Waals surface area (Å²) in [6.45, 7) is 2.51. The quantitative estimate of drug-likeness (QED) is 0.800. The molecule has 4 nitrogen and oxygen atoms in total. The maximum atomic E-state index is 12.7. The minimum absolute atomic E-state index is 0.161. The van der Waals surface area contributed by atoms with Crippen molar-refractivity contribution < 1.29 is 13.2 Å². The molecule has 102 valence electrons. The first-order valence-corrected chi connectivity index (χ1v) is 5.60. The van der Waals surface area contributed by atoms with E-state index in [-0.39, 0.29) is 11.6 Å². The van der Waals surface area contributed by atoms with Gasteiger partial charge in [0, 0.05) is 20.6 Å². The number of aromatic nitrogens is 1. The van der Waals surface area contributed by atoms with Crippen molar-refractivity contribution in [3.63, 3.8) is 0 Å². The molecule has 0 saturated heterocycles. The van der Waals surface area contributed by atoms with Gasteiger partial charge in [0.15, 0.2) is 0 Å². The summed E-state index contributed by atoms with van der Waals surface area (Å²) in [6, 6.07) is 1.99. The predicted octanol–water partition coefficient (Wildman–Crippen LogP) is 2.81. The van der Waals surface area contributed by atoms with Crippen molar-refractivity contribution in [1.29, 1.82) is 0 Å². The van der Waals surface area contributed by atoms with Gasteiger partial charge in [-0.3, -0.25) is 0 Å². The third-order valence-electron chi connectivity index (χ3n) is 2.05. The van der Waals surface area contributed by atoms with Crippen LogP contribution in [-0.4, -0.2) is 30.6 Å². The molecule has 7 heteroatoms. The third kappa shape index (κ3) is 4.40. The van der Waals surface area contributed by atoms with Gasteiger partial charge in [-0.15, -0.1) is 0 Å². The zero-order chi connectivity index (χ0) is 13.8. The summed E-state index contributed by atoms with van der Waals surface area (Å²) in [5.41, 5.74) is 1.99. The van der Waals surface area contributed by atoms with Crippen LogP contribution in [0.3, 0.4) is 0 Å². The fourth-order valence-electron chi connectivity index (χ4n) is 1.32. The molecule has 1 rings (SSSR count). The molecule has 0 radical (unpaired) electrons. The van der Waals surface area contributed by atoms with Crippen LogP contribution >= 0.6 is 0 Å². The molecule has 0 aliphatic heterocycles. The van der Waals surface area contributed by atoms with Gasteiger partial charge in [-0.1, -0.05) is 6.92 Å². The minimum Gasteiger partial charge on any atom is -0.370 e. The van der Waals surface area contributed by atoms with Crippen molar-refractivity contribution in [3.8, 4) is 0 Å². The van der Waals surface area contributed by atoms with Gasteiger partial charge in [0.1, 0.15) is 11.6 Å². The van der Waals surface area contributed by atoms with Crippen LogP contribution < -0.4 is 10.7 Å². The molecule has 1 aromatic heterocycles. The van der Waals surface area contributed by atoms with Gasteiger partial charge in [0.05, 0.1) is 5.56 Å². The lowest BCUT2D eigenvalue weighted by Crippen LogP contribution is -2.21. The Morgan fingerprint density at radius 2 is 1.83 bits per heavy atom. The second kappa shape index (κ2) is 5.90. The summed E-state index contributed by atoms with van der Waals surface area (Å²) in [6.07, 6.45) is -3.57. The lowest BCUT2D eigenvalue weighted by molar-refractivity contribution is -0.137. The summed E-state index contributed by atoms with van der Waals surface area (Å²) in [7, 11) is 3.36. The monoisotopic (exact) mass is 262 g/mol. The summed E-state index contributed by atoms with van der Waals surface area (Å²) < 4.78 is 38.1. The number of nitrogens with zero attached hydrogens (tertiary/aromatic N) is 2. The number of hydrazine groups is 1. The Balaban J connectivity index is 3.03. The Kier molecular flexibility index (Phi) is 4.77. The first kappa shape index (κ1) is 14.6. The van der Waals surface area contributed by atoms with E-state index >= 15 is 0 Å². The van der Waals surface area contributed by atoms with Gasteiger partial charge in [-0.05, 0) is 18.6 Å². The van der Waals surface area contributed by atoms with Crippen molar-refractivity contribution >= 4 is 11.6 Å². The summed E-state index contributed by atoms with van der Waals surface area (Å²) in [5.74, 6) is 0.379. The van der Waals surface area contributed by atoms with Crippen molar-refractivity contribution in [1.82, 2.24) is 9.99 Å². The Bertz CT molecular complexity index is 390. The van der Waals surface area contributed by atoms with Gasteiger partial charge >= 0.3 is 6.18 Å². The van der Waals surface area contributed by atoms with Gasteiger partial charge in [0.25, 0.3) is 0 Å². The maximum Gasteiger partial charge on any atom is 0.416 e. The highest BCUT2D eigenvalue weighted by molar-refractivity contribution is 5.49. The normalized spacial score (nSPS) is 11.7. The fraction of sp³-hybridized carbons (Fsp3) is 0.545. The number of rotatable bonds is 5. The lowest BCUT2D eigenvalue weighted by atomic mass is 10.2. The van der Waals surface area contributed by atoms with Crippen molar-refractivity contribution in [2.24, 2.45) is 0 Å². The molecule has 0 saturated carbocycles. The zero-order valence-corrected chi connectivity index (χ0v) is 10.6. The summed E-state index contributed by atoms with van der Waals surface area (Å²) in [5, 5.41) is 4.38. The molecule has 0 amide bonds. The smallest absolute Gasteiger partial charge is 0.370 e. The highest BCUT2D eigenvalue weighted by atomic mass is 19.4. The number of pyridine rings is 1. The number of anilines is 2. The average Bonchev–Trinajstić information content (AvgIpc) is 2.24. The largest absolute Gasteiger partial charge is 0.416 e. The van der Waals surface area contributed by atoms with E-state index in [1.807, 2.05) is 6.92 Å². The number of alkyl halides is 3. The standard InChI is InChI=1S/C11H17F3N4/c1-4-5-15-9-6-8(11(12,13)14)7-10(16-9)17-18(2)3/h6-7H,4-5H2,1-3H3,(H2,15,16,17). The van der Waals surface area contributed by atoms with E-state index in [0.29, 0.717) is 6.54 Å². The number of hydrogen-bond acceptors (Lipinski definition) is 4. The predicted molar refractivity (Wildman–Crippen MR) is 65.3 cm³/mol. The minimum atomic E-state index is -4.38. The molecule has 1 heterocycles. The topological polar surface area (TPSA) is 40.2 Å². The summed E-state index contributed by atoms with van der Waals surface area (Å²) >= 11 is 0. The van der Waals surface area contributed by atoms with Gasteiger partial charge in [0.2, 0.25) is 0 Å². The zero-order valence-electron chi connectivity index (χ0n) is 10.6. The molecule has 0 bridgehead atoms. The van der Waals surface area contributed by atoms with E-state index in [1.54, 1.807) is 14.1 Å². The molecule has 0 aromatic carbocycles. The molecule has 0 aliphatic carbocycles. The SMILES string of the molecule is CCCNc1cc(C(F)(F)F)cc(NN(C)C)n1. The highest BCUT2D eigenvalue weighted by Gasteiger charge is 2.31. The van der Waals surface area contributed by atoms with Gasteiger partial charge in [-0.25, -0.2) is 9.99 Å². The molecule has 2 N–H and O–H groups in total. The van der Waals surface area contributed by atoms with Crippen molar-refractivity contribution in [3.05, 3.63) is 17.7 Å². The van der Waals surface area contributed by atoms with Crippen LogP contribution in [0.1, 0.15) is 18.9 Å². The molecule has 18 heavy (non-hydrogen) atoms. The van der Waals surface area contributed by atoms with E-state index in [0.717, 1.165) is 18.6 Å². The van der Waals surface area contributed by atoms with E-state index < -0.39 is 11.7 Å². The Morgan fingerprint density at radius 3 is 2.33 bits per heavy atom. The second-order valence-corrected chi connectivity index (χ2v) is 4.06. The fourth-order valence-corrected chi connectivity index (χ4v) is 1.32. The first-order chi connectivity index (χ1) is 8.32. The van der Waals surface area contributed by atoms with Crippen LogP contribution in [0.5, 0.6) is 0 Å².